The Labute approximate surface area is 92.3 Å². The molecule has 5 heteroatoms. The van der Waals surface area contributed by atoms with Gasteiger partial charge in [-0.15, -0.1) is 5.10 Å². The molecule has 0 fully saturated rings. The molecule has 5 nitrogen and oxygen atoms in total. The first-order valence-electron chi connectivity index (χ1n) is 4.89. The Morgan fingerprint density at radius 2 is 2.06 bits per heavy atom. The lowest BCUT2D eigenvalue weighted by molar-refractivity contribution is -0.137. The lowest BCUT2D eigenvalue weighted by atomic mass is 10.1. The van der Waals surface area contributed by atoms with E-state index in [1.807, 2.05) is 30.3 Å². The van der Waals surface area contributed by atoms with Crippen molar-refractivity contribution >= 4 is 5.97 Å². The molecule has 16 heavy (non-hydrogen) atoms. The van der Waals surface area contributed by atoms with Crippen molar-refractivity contribution in [1.29, 1.82) is 0 Å². The van der Waals surface area contributed by atoms with E-state index in [0.29, 0.717) is 6.42 Å². The number of aliphatic carboxylic acids is 1. The van der Waals surface area contributed by atoms with Crippen LogP contribution < -0.4 is 0 Å². The first-order valence-corrected chi connectivity index (χ1v) is 4.89. The molecule has 0 radical (unpaired) electrons. The summed E-state index contributed by atoms with van der Waals surface area (Å²) in [4.78, 5) is 10.6. The van der Waals surface area contributed by atoms with Gasteiger partial charge >= 0.3 is 5.97 Å². The maximum absolute atomic E-state index is 10.6. The maximum Gasteiger partial charge on any atom is 0.325 e. The molecule has 2 aromatic rings. The molecule has 0 aliphatic heterocycles. The molecule has 2 rings (SSSR count). The fourth-order valence-electron chi connectivity index (χ4n) is 1.48. The van der Waals surface area contributed by atoms with Crippen LogP contribution in [0, 0.1) is 0 Å². The monoisotopic (exact) mass is 217 g/mol. The Bertz CT molecular complexity index is 479. The highest BCUT2D eigenvalue weighted by molar-refractivity contribution is 5.66. The Morgan fingerprint density at radius 3 is 2.75 bits per heavy atom. The van der Waals surface area contributed by atoms with E-state index in [1.165, 1.54) is 4.68 Å². The fraction of sp³-hybridized carbons (Fsp3) is 0.182. The Kier molecular flexibility index (Phi) is 2.95. The molecule has 0 spiro atoms. The summed E-state index contributed by atoms with van der Waals surface area (Å²) in [6, 6.07) is 9.80. The second-order valence-electron chi connectivity index (χ2n) is 3.44. The Balaban J connectivity index is 2.16. The van der Waals surface area contributed by atoms with E-state index in [9.17, 15) is 4.79 Å². The molecule has 0 saturated carbocycles. The molecular formula is C11H11N3O2. The maximum atomic E-state index is 10.6. The number of aromatic nitrogens is 3. The molecule has 1 heterocycles. The smallest absolute Gasteiger partial charge is 0.325 e. The summed E-state index contributed by atoms with van der Waals surface area (Å²) in [6.45, 7) is -0.151. The average molecular weight is 217 g/mol. The minimum absolute atomic E-state index is 0.151. The van der Waals surface area contributed by atoms with Gasteiger partial charge in [0.1, 0.15) is 6.54 Å². The molecule has 82 valence electrons. The third-order valence-electron chi connectivity index (χ3n) is 2.21. The minimum atomic E-state index is -0.917. The van der Waals surface area contributed by atoms with Crippen molar-refractivity contribution < 1.29 is 9.90 Å². The van der Waals surface area contributed by atoms with Crippen molar-refractivity contribution in [2.24, 2.45) is 0 Å². The fourth-order valence-corrected chi connectivity index (χ4v) is 1.48. The van der Waals surface area contributed by atoms with Gasteiger partial charge in [-0.25, -0.2) is 4.68 Å². The summed E-state index contributed by atoms with van der Waals surface area (Å²) in [6.07, 6.45) is 2.23. The van der Waals surface area contributed by atoms with Gasteiger partial charge < -0.3 is 5.11 Å². The quantitative estimate of drug-likeness (QED) is 0.828. The van der Waals surface area contributed by atoms with Crippen molar-refractivity contribution in [3.05, 3.63) is 47.8 Å². The van der Waals surface area contributed by atoms with Crippen molar-refractivity contribution in [3.63, 3.8) is 0 Å². The van der Waals surface area contributed by atoms with Gasteiger partial charge in [-0.1, -0.05) is 35.5 Å². The summed E-state index contributed by atoms with van der Waals surface area (Å²) < 4.78 is 1.40. The molecule has 0 unspecified atom stereocenters. The molecule has 0 bridgehead atoms. The standard InChI is InChI=1S/C11H11N3O2/c15-11(16)8-14-10(7-12-13-14)6-9-4-2-1-3-5-9/h1-5,7H,6,8H2,(H,15,16). The van der Waals surface area contributed by atoms with Gasteiger partial charge in [0, 0.05) is 6.42 Å². The highest BCUT2D eigenvalue weighted by Crippen LogP contribution is 2.07. The van der Waals surface area contributed by atoms with Crippen molar-refractivity contribution in [1.82, 2.24) is 15.0 Å². The second kappa shape index (κ2) is 4.57. The molecule has 0 atom stereocenters. The van der Waals surface area contributed by atoms with E-state index in [4.69, 9.17) is 5.11 Å². The second-order valence-corrected chi connectivity index (χ2v) is 3.44. The minimum Gasteiger partial charge on any atom is -0.480 e. The van der Waals surface area contributed by atoms with Crippen LogP contribution in [0.5, 0.6) is 0 Å². The number of carboxylic acids is 1. The van der Waals surface area contributed by atoms with Gasteiger partial charge in [0.05, 0.1) is 11.9 Å². The van der Waals surface area contributed by atoms with Crippen LogP contribution in [0.2, 0.25) is 0 Å². The molecule has 1 aromatic heterocycles. The van der Waals surface area contributed by atoms with Crippen LogP contribution in [-0.2, 0) is 17.8 Å². The zero-order valence-corrected chi connectivity index (χ0v) is 8.58. The normalized spacial score (nSPS) is 10.2. The van der Waals surface area contributed by atoms with E-state index in [1.54, 1.807) is 6.20 Å². The summed E-state index contributed by atoms with van der Waals surface area (Å²) in [5, 5.41) is 16.1. The van der Waals surface area contributed by atoms with Crippen LogP contribution in [0.25, 0.3) is 0 Å². The third kappa shape index (κ3) is 2.44. The van der Waals surface area contributed by atoms with Crippen LogP contribution in [0.1, 0.15) is 11.3 Å². The summed E-state index contributed by atoms with van der Waals surface area (Å²) >= 11 is 0. The van der Waals surface area contributed by atoms with Crippen molar-refractivity contribution in [3.8, 4) is 0 Å². The highest BCUT2D eigenvalue weighted by atomic mass is 16.4. The topological polar surface area (TPSA) is 68.0 Å². The van der Waals surface area contributed by atoms with Crippen molar-refractivity contribution in [2.45, 2.75) is 13.0 Å². The van der Waals surface area contributed by atoms with Crippen LogP contribution in [-0.4, -0.2) is 26.1 Å². The van der Waals surface area contributed by atoms with Gasteiger partial charge in [-0.3, -0.25) is 4.79 Å². The third-order valence-corrected chi connectivity index (χ3v) is 2.21. The van der Waals surface area contributed by atoms with E-state index in [-0.39, 0.29) is 6.54 Å². The molecule has 1 aromatic carbocycles. The van der Waals surface area contributed by atoms with E-state index < -0.39 is 5.97 Å². The molecule has 1 N–H and O–H groups in total. The van der Waals surface area contributed by atoms with Crippen LogP contribution >= 0.6 is 0 Å². The summed E-state index contributed by atoms with van der Waals surface area (Å²) in [5.74, 6) is -0.917. The van der Waals surface area contributed by atoms with Crippen molar-refractivity contribution in [2.75, 3.05) is 0 Å². The van der Waals surface area contributed by atoms with Gasteiger partial charge in [-0.2, -0.15) is 0 Å². The van der Waals surface area contributed by atoms with Crippen LogP contribution in [0.15, 0.2) is 36.5 Å². The molecular weight excluding hydrogens is 206 g/mol. The van der Waals surface area contributed by atoms with E-state index in [0.717, 1.165) is 11.3 Å². The largest absolute Gasteiger partial charge is 0.480 e. The SMILES string of the molecule is O=C(O)Cn1nncc1Cc1ccccc1. The highest BCUT2D eigenvalue weighted by Gasteiger charge is 2.07. The number of carbonyl (C=O) groups is 1. The predicted octanol–water partition coefficient (Wildman–Crippen LogP) is 0.953. The summed E-state index contributed by atoms with van der Waals surface area (Å²) in [5.41, 5.74) is 1.91. The van der Waals surface area contributed by atoms with Gasteiger partial charge in [0.2, 0.25) is 0 Å². The number of rotatable bonds is 4. The van der Waals surface area contributed by atoms with Gasteiger partial charge in [-0.05, 0) is 5.56 Å². The van der Waals surface area contributed by atoms with Gasteiger partial charge in [0.25, 0.3) is 0 Å². The summed E-state index contributed by atoms with van der Waals surface area (Å²) in [7, 11) is 0. The van der Waals surface area contributed by atoms with E-state index >= 15 is 0 Å². The molecule has 0 saturated heterocycles. The number of nitrogens with zero attached hydrogens (tertiary/aromatic N) is 3. The number of carboxylic acid groups (broad SMARTS) is 1. The lowest BCUT2D eigenvalue weighted by Crippen LogP contribution is -2.13. The number of hydrogen-bond donors (Lipinski definition) is 1. The van der Waals surface area contributed by atoms with Crippen LogP contribution in [0.4, 0.5) is 0 Å². The Morgan fingerprint density at radius 1 is 1.31 bits per heavy atom. The molecule has 0 aliphatic carbocycles. The zero-order chi connectivity index (χ0) is 11.4. The Hall–Kier alpha value is -2.17. The van der Waals surface area contributed by atoms with E-state index in [2.05, 4.69) is 10.3 Å². The lowest BCUT2D eigenvalue weighted by Gasteiger charge is -2.03. The first-order chi connectivity index (χ1) is 7.75. The number of benzene rings is 1. The zero-order valence-electron chi connectivity index (χ0n) is 8.58. The predicted molar refractivity (Wildman–Crippen MR) is 56.9 cm³/mol. The first kappa shape index (κ1) is 10.4. The molecule has 0 amide bonds. The molecule has 0 aliphatic rings. The van der Waals surface area contributed by atoms with Crippen LogP contribution in [0.3, 0.4) is 0 Å². The average Bonchev–Trinajstić information content (AvgIpc) is 2.66. The number of hydrogen-bond acceptors (Lipinski definition) is 3. The van der Waals surface area contributed by atoms with Gasteiger partial charge in [0.15, 0.2) is 0 Å².